The Hall–Kier alpha value is -3.33. The molecule has 1 atom stereocenters. The molecule has 1 aromatic heterocycles. The molecule has 0 spiro atoms. The predicted octanol–water partition coefficient (Wildman–Crippen LogP) is 6.81. The van der Waals surface area contributed by atoms with Crippen LogP contribution in [-0.4, -0.2) is 38.0 Å². The monoisotopic (exact) mass is 852 g/mol. The highest BCUT2D eigenvalue weighted by Crippen LogP contribution is 2.41. The van der Waals surface area contributed by atoms with Crippen molar-refractivity contribution in [2.24, 2.45) is 4.99 Å². The molecule has 246 valence electrons. The molecule has 2 heterocycles. The molecule has 3 aromatic carbocycles. The Bertz CT molecular complexity index is 2060. The molecule has 0 amide bonds. The number of hydrogen-bond donors (Lipinski definition) is 0. The fraction of sp³-hybridized carbons (Fsp3) is 0.265. The van der Waals surface area contributed by atoms with Crippen molar-refractivity contribution in [1.29, 1.82) is 0 Å². The zero-order chi connectivity index (χ0) is 33.8. The molecule has 0 aliphatic carbocycles. The van der Waals surface area contributed by atoms with E-state index in [1.807, 2.05) is 43.3 Å². The van der Waals surface area contributed by atoms with Crippen LogP contribution in [0.25, 0.3) is 6.08 Å². The number of esters is 1. The second-order valence-corrected chi connectivity index (χ2v) is 13.6. The minimum atomic E-state index is -0.846. The van der Waals surface area contributed by atoms with Gasteiger partial charge in [0.25, 0.3) is 5.56 Å². The lowest BCUT2D eigenvalue weighted by atomic mass is 9.95. The maximum Gasteiger partial charge on any atom is 0.338 e. The van der Waals surface area contributed by atoms with E-state index in [9.17, 15) is 9.59 Å². The van der Waals surface area contributed by atoms with E-state index < -0.39 is 12.0 Å². The SMILES string of the molecule is CCOC(=O)C1=C(C)N=c2s/c(=C/c3cc(I)c(OCc4ccccc4Cl)c(OC)c3)c(=O)n2[C@H]1c1cc(OC)c(OCC)cc1Br. The Balaban J connectivity index is 1.63. The Morgan fingerprint density at radius 2 is 1.81 bits per heavy atom. The van der Waals surface area contributed by atoms with E-state index >= 15 is 0 Å². The van der Waals surface area contributed by atoms with Crippen molar-refractivity contribution in [1.82, 2.24) is 4.57 Å². The fourth-order valence-corrected chi connectivity index (χ4v) is 7.71. The summed E-state index contributed by atoms with van der Waals surface area (Å²) in [5.74, 6) is 1.50. The summed E-state index contributed by atoms with van der Waals surface area (Å²) in [5.41, 5.74) is 2.59. The topological polar surface area (TPSA) is 97.6 Å². The first-order valence-electron chi connectivity index (χ1n) is 14.5. The summed E-state index contributed by atoms with van der Waals surface area (Å²) in [6.45, 7) is 6.21. The van der Waals surface area contributed by atoms with Gasteiger partial charge in [-0.1, -0.05) is 57.1 Å². The highest BCUT2D eigenvalue weighted by atomic mass is 127. The molecule has 9 nitrogen and oxygen atoms in total. The van der Waals surface area contributed by atoms with Crippen LogP contribution in [0.15, 0.2) is 74.1 Å². The number of benzene rings is 3. The maximum atomic E-state index is 14.2. The molecular weight excluding hydrogens is 823 g/mol. The summed E-state index contributed by atoms with van der Waals surface area (Å²) in [5, 5.41) is 0.615. The van der Waals surface area contributed by atoms with Crippen molar-refractivity contribution in [2.45, 2.75) is 33.4 Å². The van der Waals surface area contributed by atoms with Gasteiger partial charge in [-0.15, -0.1) is 0 Å². The number of nitrogens with zero attached hydrogens (tertiary/aromatic N) is 2. The highest BCUT2D eigenvalue weighted by Gasteiger charge is 2.35. The van der Waals surface area contributed by atoms with Crippen LogP contribution in [0.5, 0.6) is 23.0 Å². The standard InChI is InChI=1S/C34H31BrClIN2O7S/c1-6-44-26-16-22(35)21(15-25(26)42-4)30-29(33(41)45-7-2)18(3)38-34-39(30)32(40)28(47-34)14-19-12-24(37)31(27(13-19)43-5)46-17-20-10-8-9-11-23(20)36/h8-16,30H,6-7,17H2,1-5H3/b28-14+/t30-/m0/s1. The van der Waals surface area contributed by atoms with Gasteiger partial charge >= 0.3 is 5.97 Å². The number of aromatic nitrogens is 1. The first kappa shape index (κ1) is 35.0. The number of methoxy groups -OCH3 is 2. The lowest BCUT2D eigenvalue weighted by molar-refractivity contribution is -0.139. The average molecular weight is 854 g/mol. The number of ether oxygens (including phenoxy) is 5. The molecular formula is C34H31BrClIN2O7S. The van der Waals surface area contributed by atoms with Gasteiger partial charge in [0.15, 0.2) is 27.8 Å². The van der Waals surface area contributed by atoms with Gasteiger partial charge in [-0.2, -0.15) is 0 Å². The number of halogens is 3. The number of allylic oxidation sites excluding steroid dienone is 1. The first-order chi connectivity index (χ1) is 22.6. The summed E-state index contributed by atoms with van der Waals surface area (Å²) in [4.78, 5) is 32.7. The van der Waals surface area contributed by atoms with Crippen LogP contribution in [-0.2, 0) is 16.1 Å². The average Bonchev–Trinajstić information content (AvgIpc) is 3.34. The van der Waals surface area contributed by atoms with Crippen LogP contribution < -0.4 is 33.8 Å². The van der Waals surface area contributed by atoms with Gasteiger partial charge in [-0.05, 0) is 90.9 Å². The minimum absolute atomic E-state index is 0.166. The summed E-state index contributed by atoms with van der Waals surface area (Å²) < 4.78 is 32.0. The normalized spacial score (nSPS) is 14.4. The number of thiazole rings is 1. The Kier molecular flexibility index (Phi) is 11.4. The zero-order valence-electron chi connectivity index (χ0n) is 26.2. The van der Waals surface area contributed by atoms with Crippen molar-refractivity contribution in [3.63, 3.8) is 0 Å². The van der Waals surface area contributed by atoms with E-state index in [1.54, 1.807) is 39.2 Å². The molecule has 0 bridgehead atoms. The maximum absolute atomic E-state index is 14.2. The van der Waals surface area contributed by atoms with Gasteiger partial charge < -0.3 is 23.7 Å². The zero-order valence-corrected chi connectivity index (χ0v) is 31.5. The smallest absolute Gasteiger partial charge is 0.338 e. The summed E-state index contributed by atoms with van der Waals surface area (Å²) in [6.07, 6.45) is 1.78. The summed E-state index contributed by atoms with van der Waals surface area (Å²) in [7, 11) is 3.10. The lowest BCUT2D eigenvalue weighted by Gasteiger charge is -2.26. The van der Waals surface area contributed by atoms with Crippen LogP contribution in [0.1, 0.15) is 43.5 Å². The highest BCUT2D eigenvalue weighted by molar-refractivity contribution is 14.1. The molecule has 0 saturated heterocycles. The molecule has 0 radical (unpaired) electrons. The van der Waals surface area contributed by atoms with Crippen LogP contribution >= 0.6 is 61.5 Å². The second-order valence-electron chi connectivity index (χ2n) is 10.2. The third kappa shape index (κ3) is 7.25. The Morgan fingerprint density at radius 1 is 1.06 bits per heavy atom. The molecule has 0 saturated carbocycles. The minimum Gasteiger partial charge on any atom is -0.493 e. The Morgan fingerprint density at radius 3 is 2.49 bits per heavy atom. The number of rotatable bonds is 11. The van der Waals surface area contributed by atoms with E-state index in [-0.39, 0.29) is 24.3 Å². The van der Waals surface area contributed by atoms with Gasteiger partial charge in [0.2, 0.25) is 0 Å². The van der Waals surface area contributed by atoms with Crippen LogP contribution in [0.4, 0.5) is 0 Å². The van der Waals surface area contributed by atoms with E-state index in [0.29, 0.717) is 59.7 Å². The molecule has 5 rings (SSSR count). The third-order valence-corrected chi connectivity index (χ3v) is 10.1. The second kappa shape index (κ2) is 15.3. The number of hydrogen-bond acceptors (Lipinski definition) is 9. The molecule has 0 unspecified atom stereocenters. The summed E-state index contributed by atoms with van der Waals surface area (Å²) in [6, 6.07) is 13.9. The van der Waals surface area contributed by atoms with Crippen molar-refractivity contribution in [3.05, 3.63) is 109 Å². The van der Waals surface area contributed by atoms with Crippen LogP contribution in [0, 0.1) is 3.57 Å². The van der Waals surface area contributed by atoms with Crippen molar-refractivity contribution >= 4 is 73.5 Å². The van der Waals surface area contributed by atoms with E-state index in [2.05, 4.69) is 43.5 Å². The van der Waals surface area contributed by atoms with Gasteiger partial charge in [-0.25, -0.2) is 9.79 Å². The summed E-state index contributed by atoms with van der Waals surface area (Å²) >= 11 is 13.4. The van der Waals surface area contributed by atoms with Crippen molar-refractivity contribution in [3.8, 4) is 23.0 Å². The third-order valence-electron chi connectivity index (χ3n) is 7.27. The fourth-order valence-electron chi connectivity index (χ4n) is 5.15. The van der Waals surface area contributed by atoms with Gasteiger partial charge in [0.05, 0.1) is 52.8 Å². The molecule has 1 aliphatic rings. The molecule has 1 aliphatic heterocycles. The van der Waals surface area contributed by atoms with E-state index in [0.717, 1.165) is 14.7 Å². The van der Waals surface area contributed by atoms with Crippen LogP contribution in [0.3, 0.4) is 0 Å². The van der Waals surface area contributed by atoms with Crippen LogP contribution in [0.2, 0.25) is 5.02 Å². The molecule has 13 heteroatoms. The number of fused-ring (bicyclic) bond motifs is 1. The molecule has 47 heavy (non-hydrogen) atoms. The van der Waals surface area contributed by atoms with E-state index in [4.69, 9.17) is 35.3 Å². The quantitative estimate of drug-likeness (QED) is 0.121. The largest absolute Gasteiger partial charge is 0.493 e. The predicted molar refractivity (Wildman–Crippen MR) is 194 cm³/mol. The van der Waals surface area contributed by atoms with E-state index in [1.165, 1.54) is 23.0 Å². The van der Waals surface area contributed by atoms with Gasteiger partial charge in [0, 0.05) is 15.1 Å². The van der Waals surface area contributed by atoms with Gasteiger partial charge in [-0.3, -0.25) is 9.36 Å². The number of carbonyl (C=O) groups is 1. The molecule has 4 aromatic rings. The first-order valence-corrected chi connectivity index (χ1v) is 17.6. The van der Waals surface area contributed by atoms with Crippen molar-refractivity contribution < 1.29 is 28.5 Å². The number of carbonyl (C=O) groups excluding carboxylic acids is 1. The van der Waals surface area contributed by atoms with Gasteiger partial charge in [0.1, 0.15) is 6.61 Å². The molecule has 0 fully saturated rings. The lowest BCUT2D eigenvalue weighted by Crippen LogP contribution is -2.40. The molecule has 0 N–H and O–H groups in total. The van der Waals surface area contributed by atoms with Crippen molar-refractivity contribution in [2.75, 3.05) is 27.4 Å². The Labute approximate surface area is 302 Å².